The van der Waals surface area contributed by atoms with Crippen LogP contribution in [0.2, 0.25) is 0 Å². The molecule has 0 aromatic carbocycles. The van der Waals surface area contributed by atoms with Crippen molar-refractivity contribution < 1.29 is 4.79 Å². The van der Waals surface area contributed by atoms with Crippen molar-refractivity contribution in [1.82, 2.24) is 9.97 Å². The predicted octanol–water partition coefficient (Wildman–Crippen LogP) is 2.45. The van der Waals surface area contributed by atoms with E-state index in [1.54, 1.807) is 12.4 Å². The normalized spacial score (nSPS) is 10.4. The Morgan fingerprint density at radius 1 is 1.07 bits per heavy atom. The monoisotopic (exact) mass is 224 g/mol. The lowest BCUT2D eigenvalue weighted by molar-refractivity contribution is 0.103. The molecule has 0 N–H and O–H groups in total. The number of hydrogen-bond acceptors (Lipinski definition) is 5. The zero-order valence-electron chi connectivity index (χ0n) is 7.77. The minimum Gasteiger partial charge on any atom is -0.283 e. The highest BCUT2D eigenvalue weighted by Crippen LogP contribution is 2.19. The maximum atomic E-state index is 11.8. The van der Waals surface area contributed by atoms with Crippen molar-refractivity contribution in [2.24, 2.45) is 0 Å². The Morgan fingerprint density at radius 2 is 1.50 bits per heavy atom. The lowest BCUT2D eigenvalue weighted by Gasteiger charge is -1.88. The van der Waals surface area contributed by atoms with Crippen LogP contribution in [0.25, 0.3) is 0 Å². The van der Waals surface area contributed by atoms with E-state index < -0.39 is 0 Å². The molecular formula is C9H8N2OS2. The molecule has 0 aliphatic rings. The molecule has 0 radical (unpaired) electrons. The van der Waals surface area contributed by atoms with E-state index in [2.05, 4.69) is 9.97 Å². The Morgan fingerprint density at radius 3 is 1.79 bits per heavy atom. The Bertz CT molecular complexity index is 430. The zero-order valence-corrected chi connectivity index (χ0v) is 9.41. The smallest absolute Gasteiger partial charge is 0.250 e. The van der Waals surface area contributed by atoms with Gasteiger partial charge in [0.1, 0.15) is 0 Å². The van der Waals surface area contributed by atoms with Gasteiger partial charge in [0.2, 0.25) is 5.78 Å². The SMILES string of the molecule is Cc1cnc(C(=O)c2ncc(C)s2)s1. The van der Waals surface area contributed by atoms with Crippen LogP contribution in [0.1, 0.15) is 24.6 Å². The Hall–Kier alpha value is -1.07. The summed E-state index contributed by atoms with van der Waals surface area (Å²) in [4.78, 5) is 21.9. The molecule has 0 aliphatic carbocycles. The van der Waals surface area contributed by atoms with Crippen molar-refractivity contribution >= 4 is 28.5 Å². The van der Waals surface area contributed by atoms with Crippen LogP contribution in [0, 0.1) is 13.8 Å². The van der Waals surface area contributed by atoms with Crippen molar-refractivity contribution in [1.29, 1.82) is 0 Å². The van der Waals surface area contributed by atoms with Crippen molar-refractivity contribution in [3.63, 3.8) is 0 Å². The molecule has 2 heterocycles. The van der Waals surface area contributed by atoms with Crippen LogP contribution in [0.3, 0.4) is 0 Å². The van der Waals surface area contributed by atoms with Crippen LogP contribution in [-0.2, 0) is 0 Å². The molecule has 0 saturated heterocycles. The number of rotatable bonds is 2. The number of ketones is 1. The van der Waals surface area contributed by atoms with Crippen LogP contribution in [-0.4, -0.2) is 15.8 Å². The third-order valence-corrected chi connectivity index (χ3v) is 3.45. The summed E-state index contributed by atoms with van der Waals surface area (Å²) < 4.78 is 0. The lowest BCUT2D eigenvalue weighted by Crippen LogP contribution is -1.98. The minimum absolute atomic E-state index is 0.0683. The molecule has 0 atom stereocenters. The summed E-state index contributed by atoms with van der Waals surface area (Å²) in [5.74, 6) is -0.0683. The number of thiazole rings is 2. The summed E-state index contributed by atoms with van der Waals surface area (Å²) in [6, 6.07) is 0. The van der Waals surface area contributed by atoms with Gasteiger partial charge in [-0.05, 0) is 13.8 Å². The zero-order chi connectivity index (χ0) is 10.1. The van der Waals surface area contributed by atoms with Gasteiger partial charge in [-0.25, -0.2) is 9.97 Å². The number of aryl methyl sites for hydroxylation is 2. The number of hydrogen-bond donors (Lipinski definition) is 0. The first-order valence-electron chi connectivity index (χ1n) is 4.06. The summed E-state index contributed by atoms with van der Waals surface area (Å²) in [6.07, 6.45) is 3.41. The van der Waals surface area contributed by atoms with E-state index >= 15 is 0 Å². The second-order valence-corrected chi connectivity index (χ2v) is 5.35. The van der Waals surface area contributed by atoms with E-state index in [4.69, 9.17) is 0 Å². The van der Waals surface area contributed by atoms with Gasteiger partial charge in [0.25, 0.3) is 0 Å². The average molecular weight is 224 g/mol. The van der Waals surface area contributed by atoms with Crippen molar-refractivity contribution in [3.05, 3.63) is 32.2 Å². The van der Waals surface area contributed by atoms with Gasteiger partial charge < -0.3 is 0 Å². The average Bonchev–Trinajstić information content (AvgIpc) is 2.73. The van der Waals surface area contributed by atoms with Crippen LogP contribution in [0.4, 0.5) is 0 Å². The molecule has 5 heteroatoms. The molecule has 14 heavy (non-hydrogen) atoms. The Kier molecular flexibility index (Phi) is 2.43. The van der Waals surface area contributed by atoms with Gasteiger partial charge in [0, 0.05) is 22.1 Å². The third-order valence-electron chi connectivity index (χ3n) is 1.63. The fraction of sp³-hybridized carbons (Fsp3) is 0.222. The molecule has 2 rings (SSSR count). The van der Waals surface area contributed by atoms with E-state index in [0.29, 0.717) is 10.0 Å². The Balaban J connectivity index is 2.33. The highest BCUT2D eigenvalue weighted by molar-refractivity contribution is 7.17. The summed E-state index contributed by atoms with van der Waals surface area (Å²) in [6.45, 7) is 3.86. The fourth-order valence-electron chi connectivity index (χ4n) is 1.01. The van der Waals surface area contributed by atoms with E-state index in [9.17, 15) is 4.79 Å². The second-order valence-electron chi connectivity index (χ2n) is 2.88. The quantitative estimate of drug-likeness (QED) is 0.736. The lowest BCUT2D eigenvalue weighted by atomic mass is 10.4. The topological polar surface area (TPSA) is 42.9 Å². The van der Waals surface area contributed by atoms with E-state index in [1.165, 1.54) is 22.7 Å². The van der Waals surface area contributed by atoms with Gasteiger partial charge in [-0.1, -0.05) is 0 Å². The Labute approximate surface area is 89.5 Å². The van der Waals surface area contributed by atoms with Gasteiger partial charge in [0.15, 0.2) is 10.0 Å². The van der Waals surface area contributed by atoms with Gasteiger partial charge >= 0.3 is 0 Å². The van der Waals surface area contributed by atoms with E-state index in [-0.39, 0.29) is 5.78 Å². The van der Waals surface area contributed by atoms with Gasteiger partial charge in [-0.2, -0.15) is 0 Å². The highest BCUT2D eigenvalue weighted by Gasteiger charge is 2.15. The molecule has 3 nitrogen and oxygen atoms in total. The number of nitrogens with zero attached hydrogens (tertiary/aromatic N) is 2. The van der Waals surface area contributed by atoms with E-state index in [1.807, 2.05) is 13.8 Å². The van der Waals surface area contributed by atoms with E-state index in [0.717, 1.165) is 9.75 Å². The van der Waals surface area contributed by atoms with Gasteiger partial charge in [-0.3, -0.25) is 4.79 Å². The van der Waals surface area contributed by atoms with Gasteiger partial charge in [0.05, 0.1) is 0 Å². The predicted molar refractivity (Wildman–Crippen MR) is 57.1 cm³/mol. The van der Waals surface area contributed by atoms with Gasteiger partial charge in [-0.15, -0.1) is 22.7 Å². The first-order valence-corrected chi connectivity index (χ1v) is 5.69. The standard InChI is InChI=1S/C9H8N2OS2/c1-5-3-10-8(13-5)7(12)9-11-4-6(2)14-9/h3-4H,1-2H3. The summed E-state index contributed by atoms with van der Waals surface area (Å²) in [7, 11) is 0. The largest absolute Gasteiger partial charge is 0.283 e. The highest BCUT2D eigenvalue weighted by atomic mass is 32.1. The van der Waals surface area contributed by atoms with Crippen molar-refractivity contribution in [2.45, 2.75) is 13.8 Å². The van der Waals surface area contributed by atoms with Crippen LogP contribution < -0.4 is 0 Å². The maximum absolute atomic E-state index is 11.8. The van der Waals surface area contributed by atoms with Crippen LogP contribution in [0.5, 0.6) is 0 Å². The first kappa shape index (κ1) is 9.48. The number of carbonyl (C=O) groups excluding carboxylic acids is 1. The fourth-order valence-corrected chi connectivity index (χ4v) is 2.49. The van der Waals surface area contributed by atoms with Crippen molar-refractivity contribution in [3.8, 4) is 0 Å². The maximum Gasteiger partial charge on any atom is 0.250 e. The van der Waals surface area contributed by atoms with Crippen LogP contribution >= 0.6 is 22.7 Å². The molecular weight excluding hydrogens is 216 g/mol. The minimum atomic E-state index is -0.0683. The molecule has 0 spiro atoms. The molecule has 0 unspecified atom stereocenters. The molecule has 0 bridgehead atoms. The summed E-state index contributed by atoms with van der Waals surface area (Å²) in [5.41, 5.74) is 0. The third kappa shape index (κ3) is 1.73. The molecule has 0 saturated carbocycles. The molecule has 0 fully saturated rings. The molecule has 2 aromatic heterocycles. The summed E-state index contributed by atoms with van der Waals surface area (Å²) in [5, 5.41) is 1.05. The van der Waals surface area contributed by atoms with Crippen molar-refractivity contribution in [2.75, 3.05) is 0 Å². The molecule has 2 aromatic rings. The number of aromatic nitrogens is 2. The second kappa shape index (κ2) is 3.59. The molecule has 0 aliphatic heterocycles. The molecule has 0 amide bonds. The summed E-state index contributed by atoms with van der Waals surface area (Å²) >= 11 is 2.81. The van der Waals surface area contributed by atoms with Crippen LogP contribution in [0.15, 0.2) is 12.4 Å². The first-order chi connectivity index (χ1) is 6.66. The number of carbonyl (C=O) groups is 1. The molecule has 72 valence electrons.